The lowest BCUT2D eigenvalue weighted by Gasteiger charge is -2.10. The molecule has 0 atom stereocenters. The first-order valence-electron chi connectivity index (χ1n) is 6.31. The molecule has 3 aromatic rings. The van der Waals surface area contributed by atoms with Crippen molar-refractivity contribution in [3.8, 4) is 17.1 Å². The fraction of sp³-hybridized carbons (Fsp3) is 0.0625. The van der Waals surface area contributed by atoms with Gasteiger partial charge in [0.15, 0.2) is 5.43 Å². The maximum atomic E-state index is 12.7. The molecule has 0 aliphatic rings. The van der Waals surface area contributed by atoms with Crippen molar-refractivity contribution < 1.29 is 9.52 Å². The molecule has 22 heavy (non-hydrogen) atoms. The Morgan fingerprint density at radius 2 is 1.73 bits per heavy atom. The summed E-state index contributed by atoms with van der Waals surface area (Å²) >= 11 is 10.00. The minimum absolute atomic E-state index is 0.0520. The van der Waals surface area contributed by atoms with Gasteiger partial charge >= 0.3 is 0 Å². The Balaban J connectivity index is 2.38. The van der Waals surface area contributed by atoms with Gasteiger partial charge in [0, 0.05) is 14.3 Å². The van der Waals surface area contributed by atoms with Gasteiger partial charge in [0.2, 0.25) is 0 Å². The first-order valence-corrected chi connectivity index (χ1v) is 9.02. The van der Waals surface area contributed by atoms with Crippen LogP contribution in [0.15, 0.2) is 54.6 Å². The zero-order valence-electron chi connectivity index (χ0n) is 11.1. The molecule has 3 nitrogen and oxygen atoms in total. The van der Waals surface area contributed by atoms with Gasteiger partial charge in [0.05, 0.1) is 16.5 Å². The molecule has 1 aromatic heterocycles. The fourth-order valence-electron chi connectivity index (χ4n) is 2.24. The van der Waals surface area contributed by atoms with Gasteiger partial charge in [-0.1, -0.05) is 47.8 Å². The molecule has 1 N–H and O–H groups in total. The smallest absolute Gasteiger partial charge is 0.197 e. The number of fused-ring (bicyclic) bond motifs is 1. The molecule has 112 valence electrons. The third kappa shape index (κ3) is 2.75. The second kappa shape index (κ2) is 6.18. The molecule has 1 heterocycles. The van der Waals surface area contributed by atoms with E-state index in [1.807, 2.05) is 6.07 Å². The van der Waals surface area contributed by atoms with Crippen LogP contribution in [0.25, 0.3) is 22.3 Å². The van der Waals surface area contributed by atoms with Crippen LogP contribution in [0.1, 0.15) is 5.56 Å². The van der Waals surface area contributed by atoms with Crippen LogP contribution in [0.3, 0.4) is 0 Å². The van der Waals surface area contributed by atoms with Gasteiger partial charge in [-0.3, -0.25) is 4.79 Å². The molecule has 0 saturated carbocycles. The zero-order chi connectivity index (χ0) is 15.9. The Morgan fingerprint density at radius 3 is 2.41 bits per heavy atom. The lowest BCUT2D eigenvalue weighted by Crippen LogP contribution is -2.09. The maximum absolute atomic E-state index is 12.7. The maximum Gasteiger partial charge on any atom is 0.197 e. The summed E-state index contributed by atoms with van der Waals surface area (Å²) in [7, 11) is 0. The molecule has 6 heteroatoms. The van der Waals surface area contributed by atoms with Crippen LogP contribution in [0, 0.1) is 0 Å². The number of benzene rings is 2. The van der Waals surface area contributed by atoms with E-state index in [1.54, 1.807) is 30.3 Å². The second-order valence-electron chi connectivity index (χ2n) is 4.67. The van der Waals surface area contributed by atoms with Crippen LogP contribution in [0.5, 0.6) is 5.75 Å². The van der Waals surface area contributed by atoms with Crippen LogP contribution < -0.4 is 5.43 Å². The van der Waals surface area contributed by atoms with Crippen molar-refractivity contribution in [1.82, 2.24) is 0 Å². The van der Waals surface area contributed by atoms with E-state index in [-0.39, 0.29) is 11.2 Å². The van der Waals surface area contributed by atoms with E-state index < -0.39 is 0 Å². The molecule has 0 amide bonds. The van der Waals surface area contributed by atoms with E-state index in [1.165, 1.54) is 0 Å². The van der Waals surface area contributed by atoms with Crippen LogP contribution >= 0.6 is 47.8 Å². The number of aromatic hydroxyl groups is 1. The van der Waals surface area contributed by atoms with Gasteiger partial charge in [0.1, 0.15) is 17.1 Å². The molecule has 0 unspecified atom stereocenters. The molecule has 0 radical (unpaired) electrons. The Kier molecular flexibility index (Phi) is 4.43. The van der Waals surface area contributed by atoms with Gasteiger partial charge in [-0.25, -0.2) is 0 Å². The molecule has 0 aliphatic carbocycles. The second-order valence-corrected chi connectivity index (χ2v) is 7.07. The van der Waals surface area contributed by atoms with Crippen LogP contribution in [0.4, 0.5) is 0 Å². The quantitative estimate of drug-likeness (QED) is 0.479. The molecule has 0 aliphatic heterocycles. The van der Waals surface area contributed by atoms with Crippen molar-refractivity contribution in [3.63, 3.8) is 0 Å². The standard InChI is InChI=1S/C16H9Br3O3/c17-7-12-15(21)11-5-8(18)2-4-14(11)22-16(12)10-3-1-9(19)6-13(10)20/h1-6,20H,7H2. The van der Waals surface area contributed by atoms with Crippen molar-refractivity contribution in [2.24, 2.45) is 0 Å². The number of hydrogen-bond acceptors (Lipinski definition) is 3. The fourth-order valence-corrected chi connectivity index (χ4v) is 3.46. The number of alkyl halides is 1. The average molecular weight is 489 g/mol. The highest BCUT2D eigenvalue weighted by Gasteiger charge is 2.18. The van der Waals surface area contributed by atoms with Crippen LogP contribution in [0.2, 0.25) is 0 Å². The summed E-state index contributed by atoms with van der Waals surface area (Å²) in [5.41, 5.74) is 1.33. The Labute approximate surface area is 151 Å². The molecular formula is C16H9Br3O3. The van der Waals surface area contributed by atoms with Crippen LogP contribution in [-0.4, -0.2) is 5.11 Å². The predicted molar refractivity (Wildman–Crippen MR) is 97.6 cm³/mol. The summed E-state index contributed by atoms with van der Waals surface area (Å²) in [6.07, 6.45) is 0. The summed E-state index contributed by atoms with van der Waals surface area (Å²) in [6.45, 7) is 0. The third-order valence-corrected chi connectivity index (χ3v) is 4.83. The highest BCUT2D eigenvalue weighted by Crippen LogP contribution is 2.35. The summed E-state index contributed by atoms with van der Waals surface area (Å²) in [5, 5.41) is 11.0. The summed E-state index contributed by atoms with van der Waals surface area (Å²) in [5.74, 6) is 0.429. The molecule has 0 spiro atoms. The van der Waals surface area contributed by atoms with E-state index in [2.05, 4.69) is 47.8 Å². The normalized spacial score (nSPS) is 11.0. The van der Waals surface area contributed by atoms with Gasteiger partial charge in [-0.2, -0.15) is 0 Å². The van der Waals surface area contributed by atoms with Gasteiger partial charge in [0.25, 0.3) is 0 Å². The number of phenolic OH excluding ortho intramolecular Hbond substituents is 1. The molecule has 3 rings (SSSR count). The zero-order valence-corrected chi connectivity index (χ0v) is 15.8. The third-order valence-electron chi connectivity index (χ3n) is 3.28. The number of hydrogen-bond donors (Lipinski definition) is 1. The number of phenols is 1. The lowest BCUT2D eigenvalue weighted by atomic mass is 10.0. The average Bonchev–Trinajstić information content (AvgIpc) is 2.48. The van der Waals surface area contributed by atoms with E-state index >= 15 is 0 Å². The Bertz CT molecular complexity index is 932. The van der Waals surface area contributed by atoms with Gasteiger partial charge in [-0.05, 0) is 36.4 Å². The largest absolute Gasteiger partial charge is 0.507 e. The molecule has 0 bridgehead atoms. The molecule has 0 saturated heterocycles. The lowest BCUT2D eigenvalue weighted by molar-refractivity contribution is 0.474. The summed E-state index contributed by atoms with van der Waals surface area (Å²) < 4.78 is 7.46. The van der Waals surface area contributed by atoms with Crippen molar-refractivity contribution in [2.75, 3.05) is 0 Å². The highest BCUT2D eigenvalue weighted by atomic mass is 79.9. The van der Waals surface area contributed by atoms with Crippen molar-refractivity contribution in [1.29, 1.82) is 0 Å². The van der Waals surface area contributed by atoms with E-state index in [9.17, 15) is 9.90 Å². The van der Waals surface area contributed by atoms with Crippen LogP contribution in [-0.2, 0) is 5.33 Å². The monoisotopic (exact) mass is 486 g/mol. The number of rotatable bonds is 2. The van der Waals surface area contributed by atoms with E-state index in [0.29, 0.717) is 33.2 Å². The highest BCUT2D eigenvalue weighted by molar-refractivity contribution is 9.10. The topological polar surface area (TPSA) is 50.4 Å². The first-order chi connectivity index (χ1) is 10.5. The molecule has 0 fully saturated rings. The SMILES string of the molecule is O=c1c(CBr)c(-c2ccc(Br)cc2O)oc2ccc(Br)cc12. The minimum Gasteiger partial charge on any atom is -0.507 e. The molecule has 2 aromatic carbocycles. The molecular weight excluding hydrogens is 480 g/mol. The minimum atomic E-state index is -0.114. The predicted octanol–water partition coefficient (Wildman–Crippen LogP) is 5.59. The van der Waals surface area contributed by atoms with Crippen molar-refractivity contribution in [2.45, 2.75) is 5.33 Å². The first kappa shape index (κ1) is 15.8. The van der Waals surface area contributed by atoms with E-state index in [0.717, 1.165) is 8.95 Å². The van der Waals surface area contributed by atoms with E-state index in [4.69, 9.17) is 4.42 Å². The van der Waals surface area contributed by atoms with Gasteiger partial charge < -0.3 is 9.52 Å². The van der Waals surface area contributed by atoms with Crippen molar-refractivity contribution >= 4 is 58.8 Å². The Morgan fingerprint density at radius 1 is 1.05 bits per heavy atom. The van der Waals surface area contributed by atoms with Gasteiger partial charge in [-0.15, -0.1) is 0 Å². The number of halogens is 3. The summed E-state index contributed by atoms with van der Waals surface area (Å²) in [4.78, 5) is 12.7. The Hall–Kier alpha value is -1.11. The van der Waals surface area contributed by atoms with Crippen molar-refractivity contribution in [3.05, 3.63) is 61.1 Å². The summed E-state index contributed by atoms with van der Waals surface area (Å²) in [6, 6.07) is 10.4.